The molecule has 1 unspecified atom stereocenters. The largest absolute Gasteiger partial charge is 0.354 e. The van der Waals surface area contributed by atoms with Crippen molar-refractivity contribution in [3.63, 3.8) is 0 Å². The van der Waals surface area contributed by atoms with Crippen LogP contribution in [-0.2, 0) is 16.0 Å². The van der Waals surface area contributed by atoms with E-state index in [0.29, 0.717) is 12.2 Å². The summed E-state index contributed by atoms with van der Waals surface area (Å²) in [6.07, 6.45) is 0.945. The number of rotatable bonds is 7. The van der Waals surface area contributed by atoms with Gasteiger partial charge in [-0.1, -0.05) is 6.92 Å². The Balaban J connectivity index is 1.90. The molecule has 128 valence electrons. The third-order valence-electron chi connectivity index (χ3n) is 3.30. The maximum absolute atomic E-state index is 12.9. The molecule has 2 amide bonds. The van der Waals surface area contributed by atoms with Gasteiger partial charge in [0.2, 0.25) is 11.8 Å². The summed E-state index contributed by atoms with van der Waals surface area (Å²) in [5, 5.41) is 7.91. The molecule has 0 aliphatic carbocycles. The van der Waals surface area contributed by atoms with Crippen molar-refractivity contribution >= 4 is 23.2 Å². The third kappa shape index (κ3) is 5.13. The number of aromatic nitrogens is 1. The fourth-order valence-electron chi connectivity index (χ4n) is 2.04. The Morgan fingerprint density at radius 2 is 2.00 bits per heavy atom. The first kappa shape index (κ1) is 18.1. The Labute approximate surface area is 144 Å². The zero-order valence-corrected chi connectivity index (χ0v) is 14.5. The van der Waals surface area contributed by atoms with Crippen molar-refractivity contribution in [3.8, 4) is 10.6 Å². The van der Waals surface area contributed by atoms with Crippen molar-refractivity contribution in [1.29, 1.82) is 0 Å². The number of benzene rings is 1. The zero-order valence-electron chi connectivity index (χ0n) is 13.6. The summed E-state index contributed by atoms with van der Waals surface area (Å²) in [6.45, 7) is 4.20. The smallest absolute Gasteiger partial charge is 0.242 e. The van der Waals surface area contributed by atoms with Crippen LogP contribution in [0.3, 0.4) is 0 Å². The van der Waals surface area contributed by atoms with Crippen LogP contribution in [0, 0.1) is 5.82 Å². The molecular formula is C17H20FN3O2S. The average Bonchev–Trinajstić information content (AvgIpc) is 3.01. The molecule has 1 heterocycles. The van der Waals surface area contributed by atoms with Gasteiger partial charge in [-0.2, -0.15) is 0 Å². The van der Waals surface area contributed by atoms with E-state index in [1.54, 1.807) is 24.4 Å². The molecule has 0 aliphatic heterocycles. The van der Waals surface area contributed by atoms with Crippen LogP contribution in [0.1, 0.15) is 26.0 Å². The second-order valence-electron chi connectivity index (χ2n) is 5.41. The Kier molecular flexibility index (Phi) is 6.43. The quantitative estimate of drug-likeness (QED) is 0.807. The molecule has 2 rings (SSSR count). The predicted octanol–water partition coefficient (Wildman–Crippen LogP) is 2.52. The van der Waals surface area contributed by atoms with Gasteiger partial charge in [0.05, 0.1) is 12.1 Å². The molecule has 0 aliphatic rings. The second kappa shape index (κ2) is 8.54. The first-order valence-corrected chi connectivity index (χ1v) is 8.65. The molecule has 2 N–H and O–H groups in total. The Hall–Kier alpha value is -2.28. The molecule has 0 spiro atoms. The molecule has 2 aromatic rings. The Morgan fingerprint density at radius 3 is 2.67 bits per heavy atom. The number of halogens is 1. The molecule has 0 radical (unpaired) electrons. The molecule has 0 fully saturated rings. The Morgan fingerprint density at radius 1 is 1.29 bits per heavy atom. The lowest BCUT2D eigenvalue weighted by Gasteiger charge is -2.13. The molecule has 0 saturated carbocycles. The topological polar surface area (TPSA) is 71.1 Å². The van der Waals surface area contributed by atoms with Gasteiger partial charge in [0.1, 0.15) is 16.9 Å². The van der Waals surface area contributed by atoms with Gasteiger partial charge in [-0.25, -0.2) is 9.37 Å². The summed E-state index contributed by atoms with van der Waals surface area (Å²) >= 11 is 1.39. The molecule has 1 aromatic carbocycles. The number of nitrogens with zero attached hydrogens (tertiary/aromatic N) is 1. The van der Waals surface area contributed by atoms with Crippen molar-refractivity contribution in [2.45, 2.75) is 32.7 Å². The molecule has 0 bridgehead atoms. The predicted molar refractivity (Wildman–Crippen MR) is 92.1 cm³/mol. The number of amides is 2. The summed E-state index contributed by atoms with van der Waals surface area (Å²) in [6, 6.07) is 5.47. The van der Waals surface area contributed by atoms with Gasteiger partial charge >= 0.3 is 0 Å². The van der Waals surface area contributed by atoms with Crippen molar-refractivity contribution in [2.24, 2.45) is 0 Å². The molecule has 0 saturated heterocycles. The number of carbonyl (C=O) groups is 2. The van der Waals surface area contributed by atoms with Crippen LogP contribution in [0.5, 0.6) is 0 Å². The van der Waals surface area contributed by atoms with E-state index >= 15 is 0 Å². The first-order valence-electron chi connectivity index (χ1n) is 7.77. The van der Waals surface area contributed by atoms with Crippen LogP contribution in [-0.4, -0.2) is 29.4 Å². The molecular weight excluding hydrogens is 329 g/mol. The van der Waals surface area contributed by atoms with Crippen molar-refractivity contribution in [3.05, 3.63) is 41.2 Å². The average molecular weight is 349 g/mol. The monoisotopic (exact) mass is 349 g/mol. The molecule has 1 aromatic heterocycles. The first-order chi connectivity index (χ1) is 11.5. The van der Waals surface area contributed by atoms with E-state index in [1.807, 2.05) is 6.92 Å². The van der Waals surface area contributed by atoms with Gasteiger partial charge in [-0.15, -0.1) is 11.3 Å². The standard InChI is InChI=1S/C17H20FN3O2S/c1-3-8-19-16(23)11(2)20-15(22)9-14-10-24-17(21-14)12-4-6-13(18)7-5-12/h4-7,10-11H,3,8-9H2,1-2H3,(H,19,23)(H,20,22). The Bertz CT molecular complexity index is 700. The van der Waals surface area contributed by atoms with Gasteiger partial charge in [0.15, 0.2) is 0 Å². The minimum atomic E-state index is -0.584. The van der Waals surface area contributed by atoms with Gasteiger partial charge in [0, 0.05) is 17.5 Å². The maximum atomic E-state index is 12.9. The number of hydrogen-bond donors (Lipinski definition) is 2. The number of hydrogen-bond acceptors (Lipinski definition) is 4. The summed E-state index contributed by atoms with van der Waals surface area (Å²) in [5.41, 5.74) is 1.43. The maximum Gasteiger partial charge on any atom is 0.242 e. The summed E-state index contributed by atoms with van der Waals surface area (Å²) in [4.78, 5) is 28.1. The van der Waals surface area contributed by atoms with Crippen LogP contribution in [0.2, 0.25) is 0 Å². The lowest BCUT2D eigenvalue weighted by molar-refractivity contribution is -0.128. The highest BCUT2D eigenvalue weighted by molar-refractivity contribution is 7.13. The fourth-order valence-corrected chi connectivity index (χ4v) is 2.86. The zero-order chi connectivity index (χ0) is 17.5. The summed E-state index contributed by atoms with van der Waals surface area (Å²) in [5.74, 6) is -0.758. The van der Waals surface area contributed by atoms with Crippen LogP contribution in [0.25, 0.3) is 10.6 Å². The normalized spacial score (nSPS) is 11.8. The SMILES string of the molecule is CCCNC(=O)C(C)NC(=O)Cc1csc(-c2ccc(F)cc2)n1. The summed E-state index contributed by atoms with van der Waals surface area (Å²) < 4.78 is 12.9. The van der Waals surface area contributed by atoms with Gasteiger partial charge in [-0.3, -0.25) is 9.59 Å². The van der Waals surface area contributed by atoms with Gasteiger partial charge in [-0.05, 0) is 37.6 Å². The van der Waals surface area contributed by atoms with E-state index < -0.39 is 6.04 Å². The van der Waals surface area contributed by atoms with E-state index in [9.17, 15) is 14.0 Å². The van der Waals surface area contributed by atoms with Crippen LogP contribution in [0.4, 0.5) is 4.39 Å². The highest BCUT2D eigenvalue weighted by Gasteiger charge is 2.16. The number of thiazole rings is 1. The molecule has 24 heavy (non-hydrogen) atoms. The molecule has 7 heteroatoms. The van der Waals surface area contributed by atoms with Crippen molar-refractivity contribution in [1.82, 2.24) is 15.6 Å². The minimum Gasteiger partial charge on any atom is -0.354 e. The van der Waals surface area contributed by atoms with E-state index in [0.717, 1.165) is 17.0 Å². The van der Waals surface area contributed by atoms with E-state index in [1.165, 1.54) is 23.5 Å². The highest BCUT2D eigenvalue weighted by Crippen LogP contribution is 2.24. The molecule has 1 atom stereocenters. The highest BCUT2D eigenvalue weighted by atomic mass is 32.1. The number of carbonyl (C=O) groups excluding carboxylic acids is 2. The van der Waals surface area contributed by atoms with E-state index in [-0.39, 0.29) is 24.1 Å². The van der Waals surface area contributed by atoms with Gasteiger partial charge < -0.3 is 10.6 Å². The number of nitrogens with one attached hydrogen (secondary N) is 2. The van der Waals surface area contributed by atoms with Gasteiger partial charge in [0.25, 0.3) is 0 Å². The lowest BCUT2D eigenvalue weighted by Crippen LogP contribution is -2.45. The van der Waals surface area contributed by atoms with Crippen molar-refractivity contribution in [2.75, 3.05) is 6.54 Å². The fraction of sp³-hybridized carbons (Fsp3) is 0.353. The van der Waals surface area contributed by atoms with Crippen LogP contribution in [0.15, 0.2) is 29.6 Å². The third-order valence-corrected chi connectivity index (χ3v) is 4.24. The van der Waals surface area contributed by atoms with Crippen molar-refractivity contribution < 1.29 is 14.0 Å². The lowest BCUT2D eigenvalue weighted by atomic mass is 10.2. The minimum absolute atomic E-state index is 0.100. The second-order valence-corrected chi connectivity index (χ2v) is 6.27. The van der Waals surface area contributed by atoms with E-state index in [2.05, 4.69) is 15.6 Å². The van der Waals surface area contributed by atoms with E-state index in [4.69, 9.17) is 0 Å². The van der Waals surface area contributed by atoms with Crippen LogP contribution < -0.4 is 10.6 Å². The summed E-state index contributed by atoms with van der Waals surface area (Å²) in [7, 11) is 0. The van der Waals surface area contributed by atoms with Crippen LogP contribution >= 0.6 is 11.3 Å². The molecule has 5 nitrogen and oxygen atoms in total.